The lowest BCUT2D eigenvalue weighted by Gasteiger charge is -2.30. The third kappa shape index (κ3) is 4.83. The van der Waals surface area contributed by atoms with E-state index in [2.05, 4.69) is 27.3 Å². The molecule has 0 atom stereocenters. The number of rotatable bonds is 5. The number of thioether (sulfide) groups is 1. The van der Waals surface area contributed by atoms with E-state index in [-0.39, 0.29) is 24.8 Å². The number of anilines is 1. The molecule has 0 fully saturated rings. The van der Waals surface area contributed by atoms with Crippen LogP contribution in [0.25, 0.3) is 0 Å². The zero-order valence-corrected chi connectivity index (χ0v) is 15.8. The third-order valence-corrected chi connectivity index (χ3v) is 4.58. The second kappa shape index (κ2) is 9.84. The summed E-state index contributed by atoms with van der Waals surface area (Å²) < 4.78 is 5.27. The fourth-order valence-electron chi connectivity index (χ4n) is 2.43. The zero-order valence-electron chi connectivity index (χ0n) is 13.4. The number of halogens is 2. The van der Waals surface area contributed by atoms with Crippen LogP contribution < -0.4 is 16.0 Å². The van der Waals surface area contributed by atoms with Gasteiger partial charge in [-0.1, -0.05) is 0 Å². The number of nitrogens with two attached hydrogens (primary N) is 1. The maximum atomic E-state index is 5.97. The smallest absolute Gasteiger partial charge is 0.168 e. The Labute approximate surface area is 158 Å². The number of fused-ring (bicyclic) bond motifs is 1. The molecule has 0 radical (unpaired) electrons. The van der Waals surface area contributed by atoms with Gasteiger partial charge in [-0.25, -0.2) is 4.99 Å². The van der Waals surface area contributed by atoms with Crippen LogP contribution in [0, 0.1) is 0 Å². The van der Waals surface area contributed by atoms with Crippen molar-refractivity contribution in [3.63, 3.8) is 0 Å². The van der Waals surface area contributed by atoms with Gasteiger partial charge in [-0.2, -0.15) is 0 Å². The molecule has 24 heavy (non-hydrogen) atoms. The second-order valence-electron chi connectivity index (χ2n) is 5.07. The molecule has 1 aliphatic rings. The van der Waals surface area contributed by atoms with Crippen LogP contribution in [0.2, 0.25) is 0 Å². The van der Waals surface area contributed by atoms with Gasteiger partial charge in [0.15, 0.2) is 11.6 Å². The standard InChI is InChI=1S/C16H20N4OS.2ClH/c1-18-6-7-20-8-10-22-15-11-12(4-5-13(15)20)19-16(17)14-3-2-9-21-14;;/h2-5,9,11,18H,6-8,10H2,1H3,(H2,17,19);2*1H. The number of hydrogen-bond donors (Lipinski definition) is 2. The number of hydrogen-bond acceptors (Lipinski definition) is 5. The molecule has 1 aliphatic heterocycles. The lowest BCUT2D eigenvalue weighted by Crippen LogP contribution is -2.34. The molecule has 0 saturated heterocycles. The Bertz CT molecular complexity index is 664. The summed E-state index contributed by atoms with van der Waals surface area (Å²) in [7, 11) is 1.98. The molecule has 8 heteroatoms. The van der Waals surface area contributed by atoms with E-state index in [1.54, 1.807) is 12.3 Å². The van der Waals surface area contributed by atoms with Gasteiger partial charge in [0.2, 0.25) is 0 Å². The molecule has 0 spiro atoms. The number of likely N-dealkylation sites (N-methyl/N-ethyl adjacent to an activating group) is 1. The molecule has 2 heterocycles. The average Bonchev–Trinajstić information content (AvgIpc) is 3.07. The minimum Gasteiger partial charge on any atom is -0.461 e. The lowest BCUT2D eigenvalue weighted by atomic mass is 10.2. The molecule has 0 unspecified atom stereocenters. The van der Waals surface area contributed by atoms with Gasteiger partial charge in [-0.15, -0.1) is 36.6 Å². The van der Waals surface area contributed by atoms with E-state index in [1.807, 2.05) is 30.9 Å². The largest absolute Gasteiger partial charge is 0.461 e. The molecule has 3 rings (SSSR count). The molecule has 2 aromatic rings. The average molecular weight is 389 g/mol. The number of amidine groups is 1. The summed E-state index contributed by atoms with van der Waals surface area (Å²) >= 11 is 1.87. The first kappa shape index (κ1) is 20.7. The van der Waals surface area contributed by atoms with Crippen LogP contribution in [0.3, 0.4) is 0 Å². The number of nitrogens with zero attached hydrogens (tertiary/aromatic N) is 2. The van der Waals surface area contributed by atoms with Crippen LogP contribution in [0.15, 0.2) is 50.9 Å². The summed E-state index contributed by atoms with van der Waals surface area (Å²) in [6.07, 6.45) is 1.60. The normalized spacial score (nSPS) is 13.7. The highest BCUT2D eigenvalue weighted by Crippen LogP contribution is 2.37. The Morgan fingerprint density at radius 1 is 1.38 bits per heavy atom. The highest BCUT2D eigenvalue weighted by molar-refractivity contribution is 7.99. The molecular weight excluding hydrogens is 367 g/mol. The number of benzene rings is 1. The first-order valence-electron chi connectivity index (χ1n) is 7.32. The summed E-state index contributed by atoms with van der Waals surface area (Å²) in [4.78, 5) is 8.12. The van der Waals surface area contributed by atoms with Crippen molar-refractivity contribution in [3.05, 3.63) is 42.4 Å². The Balaban J connectivity index is 0.00000144. The molecule has 1 aromatic heterocycles. The Morgan fingerprint density at radius 2 is 2.21 bits per heavy atom. The minimum absolute atomic E-state index is 0. The van der Waals surface area contributed by atoms with E-state index in [9.17, 15) is 0 Å². The molecule has 0 aliphatic carbocycles. The first-order valence-corrected chi connectivity index (χ1v) is 8.31. The van der Waals surface area contributed by atoms with Crippen LogP contribution in [0.5, 0.6) is 0 Å². The van der Waals surface area contributed by atoms with E-state index in [0.29, 0.717) is 11.6 Å². The van der Waals surface area contributed by atoms with Crippen molar-refractivity contribution in [3.8, 4) is 0 Å². The van der Waals surface area contributed by atoms with Crippen LogP contribution in [-0.4, -0.2) is 38.3 Å². The maximum absolute atomic E-state index is 5.97. The van der Waals surface area contributed by atoms with E-state index in [0.717, 1.165) is 31.1 Å². The summed E-state index contributed by atoms with van der Waals surface area (Å²) in [6, 6.07) is 9.85. The molecule has 1 aromatic carbocycles. The number of furan rings is 1. The van der Waals surface area contributed by atoms with Gasteiger partial charge in [-0.05, 0) is 37.4 Å². The van der Waals surface area contributed by atoms with Crippen molar-refractivity contribution in [2.75, 3.05) is 37.3 Å². The Morgan fingerprint density at radius 3 is 2.92 bits per heavy atom. The maximum Gasteiger partial charge on any atom is 0.168 e. The molecule has 5 nitrogen and oxygen atoms in total. The van der Waals surface area contributed by atoms with Crippen molar-refractivity contribution < 1.29 is 4.42 Å². The fourth-order valence-corrected chi connectivity index (χ4v) is 3.51. The summed E-state index contributed by atoms with van der Waals surface area (Å²) in [5, 5.41) is 3.20. The Hall–Kier alpha value is -1.34. The van der Waals surface area contributed by atoms with Gasteiger partial charge < -0.3 is 20.4 Å². The highest BCUT2D eigenvalue weighted by atomic mass is 35.5. The van der Waals surface area contributed by atoms with Gasteiger partial charge >= 0.3 is 0 Å². The van der Waals surface area contributed by atoms with Crippen molar-refractivity contribution in [2.24, 2.45) is 10.7 Å². The Kier molecular flexibility index (Phi) is 8.48. The molecule has 0 amide bonds. The molecular formula is C16H22Cl2N4OS. The quantitative estimate of drug-likeness (QED) is 0.607. The lowest BCUT2D eigenvalue weighted by molar-refractivity contribution is 0.557. The van der Waals surface area contributed by atoms with Crippen LogP contribution in [0.1, 0.15) is 5.76 Å². The van der Waals surface area contributed by atoms with Crippen molar-refractivity contribution in [1.82, 2.24) is 5.32 Å². The molecule has 0 saturated carbocycles. The SMILES string of the molecule is CNCCN1CCSc2cc(N=C(N)c3ccco3)ccc21.Cl.Cl. The minimum atomic E-state index is 0. The first-order chi connectivity index (χ1) is 10.8. The van der Waals surface area contributed by atoms with Crippen LogP contribution in [0.4, 0.5) is 11.4 Å². The van der Waals surface area contributed by atoms with Crippen LogP contribution >= 0.6 is 36.6 Å². The van der Waals surface area contributed by atoms with Gasteiger partial charge in [0, 0.05) is 30.3 Å². The fraction of sp³-hybridized carbons (Fsp3) is 0.312. The monoisotopic (exact) mass is 388 g/mol. The van der Waals surface area contributed by atoms with Gasteiger partial charge in [0.25, 0.3) is 0 Å². The highest BCUT2D eigenvalue weighted by Gasteiger charge is 2.17. The molecule has 3 N–H and O–H groups in total. The molecule has 132 valence electrons. The predicted octanol–water partition coefficient (Wildman–Crippen LogP) is 3.29. The zero-order chi connectivity index (χ0) is 15.4. The van der Waals surface area contributed by atoms with Crippen LogP contribution in [-0.2, 0) is 0 Å². The van der Waals surface area contributed by atoms with E-state index < -0.39 is 0 Å². The van der Waals surface area contributed by atoms with Crippen molar-refractivity contribution in [1.29, 1.82) is 0 Å². The van der Waals surface area contributed by atoms with E-state index in [4.69, 9.17) is 10.2 Å². The van der Waals surface area contributed by atoms with Gasteiger partial charge in [-0.3, -0.25) is 0 Å². The molecule has 0 bridgehead atoms. The summed E-state index contributed by atoms with van der Waals surface area (Å²) in [6.45, 7) is 3.08. The van der Waals surface area contributed by atoms with E-state index >= 15 is 0 Å². The van der Waals surface area contributed by atoms with Crippen molar-refractivity contribution >= 4 is 53.8 Å². The summed E-state index contributed by atoms with van der Waals surface area (Å²) in [5.41, 5.74) is 8.11. The third-order valence-electron chi connectivity index (χ3n) is 3.56. The van der Waals surface area contributed by atoms with E-state index in [1.165, 1.54) is 10.6 Å². The topological polar surface area (TPSA) is 66.8 Å². The predicted molar refractivity (Wildman–Crippen MR) is 107 cm³/mol. The summed E-state index contributed by atoms with van der Waals surface area (Å²) in [5.74, 6) is 2.09. The van der Waals surface area contributed by atoms with Gasteiger partial charge in [0.05, 0.1) is 17.6 Å². The van der Waals surface area contributed by atoms with Crippen molar-refractivity contribution in [2.45, 2.75) is 4.90 Å². The number of aliphatic imine (C=N–C) groups is 1. The second-order valence-corrected chi connectivity index (χ2v) is 6.20. The number of nitrogens with one attached hydrogen (secondary N) is 1. The van der Waals surface area contributed by atoms with Gasteiger partial charge in [0.1, 0.15) is 0 Å².